The van der Waals surface area contributed by atoms with Gasteiger partial charge in [-0.3, -0.25) is 0 Å². The molecule has 0 amide bonds. The molecule has 2 atom stereocenters. The van der Waals surface area contributed by atoms with Crippen LogP contribution in [-0.2, 0) is 10.2 Å². The van der Waals surface area contributed by atoms with Crippen LogP contribution in [0, 0.1) is 0 Å². The van der Waals surface area contributed by atoms with E-state index in [9.17, 15) is 8.42 Å². The summed E-state index contributed by atoms with van der Waals surface area (Å²) >= 11 is 0. The molecule has 3 N–H and O–H groups in total. The fraction of sp³-hybridized carbons (Fsp3) is 1.00. The molecular weight excluding hydrogens is 190 g/mol. The van der Waals surface area contributed by atoms with E-state index in [4.69, 9.17) is 5.73 Å². The van der Waals surface area contributed by atoms with Gasteiger partial charge in [0, 0.05) is 25.2 Å². The summed E-state index contributed by atoms with van der Waals surface area (Å²) < 4.78 is 27.3. The Morgan fingerprint density at radius 2 is 1.85 bits per heavy atom. The first-order valence-corrected chi connectivity index (χ1v) is 6.06. The standard InChI is InChI=1S/C7H15N3O2S/c8-6-5-7(6)9-13(11,12)10-3-1-2-4-10/h6-7,9H,1-5,8H2. The Labute approximate surface area is 78.5 Å². The van der Waals surface area contributed by atoms with E-state index >= 15 is 0 Å². The van der Waals surface area contributed by atoms with Gasteiger partial charge in [0.15, 0.2) is 0 Å². The monoisotopic (exact) mass is 205 g/mol. The summed E-state index contributed by atoms with van der Waals surface area (Å²) in [6, 6.07) is 0.00276. The van der Waals surface area contributed by atoms with Crippen molar-refractivity contribution >= 4 is 10.2 Å². The lowest BCUT2D eigenvalue weighted by atomic mass is 10.4. The number of nitrogens with zero attached hydrogens (tertiary/aromatic N) is 1. The second-order valence-electron chi connectivity index (χ2n) is 3.74. The maximum atomic E-state index is 11.6. The van der Waals surface area contributed by atoms with E-state index in [2.05, 4.69) is 4.72 Å². The summed E-state index contributed by atoms with van der Waals surface area (Å²) in [7, 11) is -3.23. The van der Waals surface area contributed by atoms with Crippen LogP contribution < -0.4 is 10.5 Å². The van der Waals surface area contributed by atoms with Gasteiger partial charge < -0.3 is 5.73 Å². The lowest BCUT2D eigenvalue weighted by Gasteiger charge is -2.15. The molecule has 0 spiro atoms. The van der Waals surface area contributed by atoms with Gasteiger partial charge in [-0.1, -0.05) is 0 Å². The van der Waals surface area contributed by atoms with Crippen LogP contribution in [0.3, 0.4) is 0 Å². The van der Waals surface area contributed by atoms with E-state index in [1.807, 2.05) is 0 Å². The quantitative estimate of drug-likeness (QED) is 0.621. The highest BCUT2D eigenvalue weighted by molar-refractivity contribution is 7.87. The molecule has 1 aliphatic heterocycles. The topological polar surface area (TPSA) is 75.4 Å². The summed E-state index contributed by atoms with van der Waals surface area (Å²) in [6.45, 7) is 1.30. The Morgan fingerprint density at radius 1 is 1.31 bits per heavy atom. The number of hydrogen-bond acceptors (Lipinski definition) is 3. The van der Waals surface area contributed by atoms with Gasteiger partial charge in [0.25, 0.3) is 10.2 Å². The van der Waals surface area contributed by atoms with Crippen LogP contribution >= 0.6 is 0 Å². The van der Waals surface area contributed by atoms with E-state index in [1.54, 1.807) is 0 Å². The van der Waals surface area contributed by atoms with E-state index < -0.39 is 10.2 Å². The zero-order valence-electron chi connectivity index (χ0n) is 7.44. The second kappa shape index (κ2) is 3.20. The molecule has 2 fully saturated rings. The first kappa shape index (κ1) is 9.39. The van der Waals surface area contributed by atoms with Crippen molar-refractivity contribution in [3.63, 3.8) is 0 Å². The highest BCUT2D eigenvalue weighted by Crippen LogP contribution is 2.21. The molecule has 6 heteroatoms. The molecular formula is C7H15N3O2S. The summed E-state index contributed by atoms with van der Waals surface area (Å²) in [5.74, 6) is 0. The SMILES string of the molecule is NC1CC1NS(=O)(=O)N1CCCC1. The summed E-state index contributed by atoms with van der Waals surface area (Å²) in [5, 5.41) is 0. The first-order valence-electron chi connectivity index (χ1n) is 4.62. The van der Waals surface area contributed by atoms with Crippen molar-refractivity contribution in [1.82, 2.24) is 9.03 Å². The molecule has 1 saturated heterocycles. The number of nitrogens with two attached hydrogens (primary N) is 1. The Kier molecular flexibility index (Phi) is 2.31. The minimum atomic E-state index is -3.23. The van der Waals surface area contributed by atoms with Crippen molar-refractivity contribution in [2.75, 3.05) is 13.1 Å². The third-order valence-electron chi connectivity index (χ3n) is 2.55. The molecule has 13 heavy (non-hydrogen) atoms. The van der Waals surface area contributed by atoms with Gasteiger partial charge in [0.2, 0.25) is 0 Å². The van der Waals surface area contributed by atoms with Crippen molar-refractivity contribution in [2.24, 2.45) is 5.73 Å². The fourth-order valence-corrected chi connectivity index (χ4v) is 3.09. The molecule has 0 aromatic heterocycles. The molecule has 0 aromatic carbocycles. The predicted octanol–water partition coefficient (Wildman–Crippen LogP) is -0.984. The highest BCUT2D eigenvalue weighted by Gasteiger charge is 2.39. The van der Waals surface area contributed by atoms with Gasteiger partial charge in [-0.15, -0.1) is 0 Å². The number of hydrogen-bond donors (Lipinski definition) is 2. The first-order chi connectivity index (χ1) is 6.09. The zero-order chi connectivity index (χ0) is 9.47. The Bertz CT molecular complexity index is 284. The van der Waals surface area contributed by atoms with Crippen molar-refractivity contribution < 1.29 is 8.42 Å². The van der Waals surface area contributed by atoms with Crippen molar-refractivity contribution in [2.45, 2.75) is 31.3 Å². The summed E-state index contributed by atoms with van der Waals surface area (Å²) in [6.07, 6.45) is 2.71. The summed E-state index contributed by atoms with van der Waals surface area (Å²) in [4.78, 5) is 0. The van der Waals surface area contributed by atoms with E-state index in [0.29, 0.717) is 13.1 Å². The Morgan fingerprint density at radius 3 is 2.31 bits per heavy atom. The number of rotatable bonds is 3. The fourth-order valence-electron chi connectivity index (χ4n) is 1.54. The lowest BCUT2D eigenvalue weighted by molar-refractivity contribution is 0.464. The third-order valence-corrected chi connectivity index (χ3v) is 4.19. The molecule has 76 valence electrons. The van der Waals surface area contributed by atoms with Crippen LogP contribution in [0.25, 0.3) is 0 Å². The van der Waals surface area contributed by atoms with E-state index in [-0.39, 0.29) is 12.1 Å². The van der Waals surface area contributed by atoms with Crippen LogP contribution in [-0.4, -0.2) is 37.9 Å². The Balaban J connectivity index is 1.94. The third kappa shape index (κ3) is 2.01. The Hall–Kier alpha value is -0.170. The lowest BCUT2D eigenvalue weighted by Crippen LogP contribution is -2.41. The maximum absolute atomic E-state index is 11.6. The molecule has 2 rings (SSSR count). The largest absolute Gasteiger partial charge is 0.326 e. The van der Waals surface area contributed by atoms with Gasteiger partial charge >= 0.3 is 0 Å². The zero-order valence-corrected chi connectivity index (χ0v) is 8.26. The normalized spacial score (nSPS) is 35.2. The maximum Gasteiger partial charge on any atom is 0.279 e. The predicted molar refractivity (Wildman–Crippen MR) is 49.2 cm³/mol. The molecule has 2 unspecified atom stereocenters. The van der Waals surface area contributed by atoms with Crippen LogP contribution in [0.1, 0.15) is 19.3 Å². The molecule has 0 aromatic rings. The van der Waals surface area contributed by atoms with Crippen molar-refractivity contribution in [1.29, 1.82) is 0 Å². The molecule has 2 aliphatic rings. The second-order valence-corrected chi connectivity index (χ2v) is 5.44. The van der Waals surface area contributed by atoms with Crippen molar-refractivity contribution in [3.05, 3.63) is 0 Å². The average Bonchev–Trinajstić information content (AvgIpc) is 2.56. The van der Waals surface area contributed by atoms with Gasteiger partial charge in [-0.25, -0.2) is 0 Å². The highest BCUT2D eigenvalue weighted by atomic mass is 32.2. The van der Waals surface area contributed by atoms with Crippen LogP contribution in [0.15, 0.2) is 0 Å². The van der Waals surface area contributed by atoms with E-state index in [0.717, 1.165) is 19.3 Å². The summed E-state index contributed by atoms with van der Waals surface area (Å²) in [5.41, 5.74) is 5.53. The minimum Gasteiger partial charge on any atom is -0.326 e. The van der Waals surface area contributed by atoms with Gasteiger partial charge in [0.05, 0.1) is 0 Å². The minimum absolute atomic E-state index is 0.0226. The van der Waals surface area contributed by atoms with Crippen molar-refractivity contribution in [3.8, 4) is 0 Å². The number of nitrogens with one attached hydrogen (secondary N) is 1. The molecule has 5 nitrogen and oxygen atoms in total. The van der Waals surface area contributed by atoms with E-state index in [1.165, 1.54) is 4.31 Å². The molecule has 0 bridgehead atoms. The van der Waals surface area contributed by atoms with Crippen LogP contribution in [0.4, 0.5) is 0 Å². The molecule has 1 aliphatic carbocycles. The molecule has 1 heterocycles. The average molecular weight is 205 g/mol. The van der Waals surface area contributed by atoms with Crippen LogP contribution in [0.2, 0.25) is 0 Å². The van der Waals surface area contributed by atoms with Gasteiger partial charge in [-0.2, -0.15) is 17.4 Å². The van der Waals surface area contributed by atoms with Gasteiger partial charge in [-0.05, 0) is 19.3 Å². The smallest absolute Gasteiger partial charge is 0.279 e. The molecule has 0 radical (unpaired) electrons. The molecule has 1 saturated carbocycles. The van der Waals surface area contributed by atoms with Crippen LogP contribution in [0.5, 0.6) is 0 Å². The van der Waals surface area contributed by atoms with Gasteiger partial charge in [0.1, 0.15) is 0 Å².